The van der Waals surface area contributed by atoms with E-state index < -0.39 is 0 Å². The van der Waals surface area contributed by atoms with Crippen LogP contribution >= 0.6 is 23.1 Å². The Morgan fingerprint density at radius 1 is 1.11 bits per heavy atom. The summed E-state index contributed by atoms with van der Waals surface area (Å²) in [6, 6.07) is 17.4. The number of likely N-dealkylation sites (tertiary alicyclic amines) is 1. The normalized spacial score (nSPS) is 15.3. The summed E-state index contributed by atoms with van der Waals surface area (Å²) in [5, 5.41) is 14.7. The zero-order valence-corrected chi connectivity index (χ0v) is 21.7. The highest BCUT2D eigenvalue weighted by molar-refractivity contribution is 7.99. The molecule has 2 aromatic heterocycles. The van der Waals surface area contributed by atoms with Crippen molar-refractivity contribution >= 4 is 40.0 Å². The maximum atomic E-state index is 13.3. The fourth-order valence-electron chi connectivity index (χ4n) is 4.35. The van der Waals surface area contributed by atoms with Crippen LogP contribution in [0, 0.1) is 6.92 Å². The first kappa shape index (κ1) is 24.2. The highest BCUT2D eigenvalue weighted by Gasteiger charge is 2.34. The summed E-state index contributed by atoms with van der Waals surface area (Å²) >= 11 is 2.71. The van der Waals surface area contributed by atoms with Gasteiger partial charge >= 0.3 is 0 Å². The largest absolute Gasteiger partial charge is 0.328 e. The number of rotatable bonds is 7. The quantitative estimate of drug-likeness (QED) is 0.348. The molecule has 2 aromatic carbocycles. The number of thioether (sulfide) groups is 1. The number of hydrogen-bond acceptors (Lipinski definition) is 7. The van der Waals surface area contributed by atoms with Crippen molar-refractivity contribution < 1.29 is 9.59 Å². The molecule has 0 spiro atoms. The van der Waals surface area contributed by atoms with Crippen LogP contribution in [0.3, 0.4) is 0 Å². The Kier molecular flexibility index (Phi) is 7.15. The number of aromatic nitrogens is 4. The Bertz CT molecular complexity index is 1380. The van der Waals surface area contributed by atoms with Crippen molar-refractivity contribution in [3.63, 3.8) is 0 Å². The van der Waals surface area contributed by atoms with Crippen molar-refractivity contribution in [2.24, 2.45) is 7.05 Å². The maximum Gasteiger partial charge on any atom is 0.254 e. The zero-order chi connectivity index (χ0) is 25.1. The van der Waals surface area contributed by atoms with Gasteiger partial charge in [-0.3, -0.25) is 9.59 Å². The molecule has 1 N–H and O–H groups in total. The van der Waals surface area contributed by atoms with Gasteiger partial charge < -0.3 is 14.8 Å². The Balaban J connectivity index is 1.22. The predicted molar refractivity (Wildman–Crippen MR) is 142 cm³/mol. The molecule has 1 aliphatic rings. The van der Waals surface area contributed by atoms with Crippen LogP contribution in [0.25, 0.3) is 11.3 Å². The summed E-state index contributed by atoms with van der Waals surface area (Å²) < 4.78 is 1.89. The zero-order valence-electron chi connectivity index (χ0n) is 20.0. The van der Waals surface area contributed by atoms with E-state index in [1.807, 2.05) is 83.4 Å². The molecule has 1 atom stereocenters. The van der Waals surface area contributed by atoms with Crippen molar-refractivity contribution in [1.29, 1.82) is 0 Å². The summed E-state index contributed by atoms with van der Waals surface area (Å²) in [5.74, 6) is 0.786. The minimum Gasteiger partial charge on any atom is -0.328 e. The molecular weight excluding hydrogens is 492 g/mol. The first-order valence-electron chi connectivity index (χ1n) is 11.7. The molecule has 3 heterocycles. The molecule has 2 amide bonds. The molecule has 8 nitrogen and oxygen atoms in total. The van der Waals surface area contributed by atoms with Crippen molar-refractivity contribution in [3.05, 3.63) is 76.9 Å². The third kappa shape index (κ3) is 5.05. The molecule has 1 aliphatic heterocycles. The molecule has 5 rings (SSSR count). The number of nitrogens with one attached hydrogen (secondary N) is 1. The van der Waals surface area contributed by atoms with Gasteiger partial charge in [0.2, 0.25) is 5.91 Å². The minimum atomic E-state index is -0.157. The smallest absolute Gasteiger partial charge is 0.254 e. The van der Waals surface area contributed by atoms with E-state index in [-0.39, 0.29) is 23.6 Å². The van der Waals surface area contributed by atoms with Gasteiger partial charge in [0.25, 0.3) is 5.91 Å². The van der Waals surface area contributed by atoms with Gasteiger partial charge in [0.1, 0.15) is 0 Å². The summed E-state index contributed by atoms with van der Waals surface area (Å²) in [4.78, 5) is 32.2. The maximum absolute atomic E-state index is 13.3. The van der Waals surface area contributed by atoms with Crippen LogP contribution in [0.1, 0.15) is 40.6 Å². The molecule has 1 saturated heterocycles. The Morgan fingerprint density at radius 2 is 1.89 bits per heavy atom. The summed E-state index contributed by atoms with van der Waals surface area (Å²) in [6.07, 6.45) is 1.75. The number of aryl methyl sites for hydroxylation is 1. The number of amides is 2. The summed E-state index contributed by atoms with van der Waals surface area (Å²) in [6.45, 7) is 2.64. The summed E-state index contributed by atoms with van der Waals surface area (Å²) in [7, 11) is 1.89. The molecule has 0 aliphatic carbocycles. The lowest BCUT2D eigenvalue weighted by Gasteiger charge is -2.24. The Hall–Kier alpha value is -3.50. The first-order chi connectivity index (χ1) is 17.5. The van der Waals surface area contributed by atoms with Gasteiger partial charge in [0.15, 0.2) is 16.1 Å². The van der Waals surface area contributed by atoms with Gasteiger partial charge in [-0.1, -0.05) is 60.3 Å². The molecule has 1 fully saturated rings. The molecule has 1 unspecified atom stereocenters. The number of benzene rings is 2. The second-order valence-corrected chi connectivity index (χ2v) is 10.4. The van der Waals surface area contributed by atoms with Gasteiger partial charge in [-0.05, 0) is 31.4 Å². The van der Waals surface area contributed by atoms with E-state index in [0.29, 0.717) is 16.8 Å². The van der Waals surface area contributed by atoms with Gasteiger partial charge in [-0.25, -0.2) is 4.98 Å². The van der Waals surface area contributed by atoms with Crippen LogP contribution in [0.15, 0.2) is 65.1 Å². The van der Waals surface area contributed by atoms with Crippen LogP contribution in [-0.4, -0.2) is 48.8 Å². The van der Waals surface area contributed by atoms with Crippen molar-refractivity contribution in [3.8, 4) is 11.3 Å². The van der Waals surface area contributed by atoms with Crippen molar-refractivity contribution in [2.75, 3.05) is 17.6 Å². The molecule has 0 radical (unpaired) electrons. The molecule has 0 saturated carbocycles. The molecule has 10 heteroatoms. The topological polar surface area (TPSA) is 93.0 Å². The Labute approximate surface area is 217 Å². The van der Waals surface area contributed by atoms with Gasteiger partial charge in [-0.15, -0.1) is 21.5 Å². The van der Waals surface area contributed by atoms with E-state index in [4.69, 9.17) is 0 Å². The molecule has 4 aromatic rings. The number of hydrogen-bond donors (Lipinski definition) is 1. The molecule has 36 heavy (non-hydrogen) atoms. The monoisotopic (exact) mass is 518 g/mol. The number of carbonyl (C=O) groups excluding carboxylic acids is 2. The molecular formula is C26H26N6O2S2. The lowest BCUT2D eigenvalue weighted by atomic mass is 10.1. The highest BCUT2D eigenvalue weighted by Crippen LogP contribution is 2.34. The van der Waals surface area contributed by atoms with Crippen molar-refractivity contribution in [2.45, 2.75) is 31.0 Å². The molecule has 184 valence electrons. The molecule has 0 bridgehead atoms. The number of nitrogens with zero attached hydrogens (tertiary/aromatic N) is 5. The van der Waals surface area contributed by atoms with E-state index in [1.165, 1.54) is 23.1 Å². The van der Waals surface area contributed by atoms with Crippen LogP contribution in [0.5, 0.6) is 0 Å². The van der Waals surface area contributed by atoms with Crippen LogP contribution < -0.4 is 5.32 Å². The predicted octanol–water partition coefficient (Wildman–Crippen LogP) is 4.96. The third-order valence-corrected chi connectivity index (χ3v) is 7.99. The standard InChI is InChI=1S/C26H26N6O2S2/c1-17-9-6-7-12-19(17)24(34)32-14-8-13-21(32)23-29-30-26(31(23)2)36-16-22(33)28-25-27-20(15-35-25)18-10-4-3-5-11-18/h3-7,9-12,15,21H,8,13-14,16H2,1-2H3,(H,27,28,33). The third-order valence-electron chi connectivity index (χ3n) is 6.21. The fourth-order valence-corrected chi connectivity index (χ4v) is 5.80. The first-order valence-corrected chi connectivity index (χ1v) is 13.6. The highest BCUT2D eigenvalue weighted by atomic mass is 32.2. The average molecular weight is 519 g/mol. The van der Waals surface area contributed by atoms with Gasteiger partial charge in [-0.2, -0.15) is 0 Å². The second-order valence-electron chi connectivity index (χ2n) is 8.61. The van der Waals surface area contributed by atoms with E-state index in [1.54, 1.807) is 0 Å². The van der Waals surface area contributed by atoms with E-state index in [2.05, 4.69) is 20.5 Å². The van der Waals surface area contributed by atoms with Crippen molar-refractivity contribution in [1.82, 2.24) is 24.6 Å². The lowest BCUT2D eigenvalue weighted by Crippen LogP contribution is -2.32. The second kappa shape index (κ2) is 10.6. The minimum absolute atomic E-state index is 0.0190. The fraction of sp³-hybridized carbons (Fsp3) is 0.269. The average Bonchev–Trinajstić information content (AvgIpc) is 3.63. The van der Waals surface area contributed by atoms with E-state index >= 15 is 0 Å². The SMILES string of the molecule is Cc1ccccc1C(=O)N1CCCC1c1nnc(SCC(=O)Nc2nc(-c3ccccc3)cs2)n1C. The Morgan fingerprint density at radius 3 is 2.69 bits per heavy atom. The lowest BCUT2D eigenvalue weighted by molar-refractivity contribution is -0.113. The summed E-state index contributed by atoms with van der Waals surface area (Å²) in [5.41, 5.74) is 3.53. The van der Waals surface area contributed by atoms with Crippen LogP contribution in [-0.2, 0) is 11.8 Å². The van der Waals surface area contributed by atoms with E-state index in [0.717, 1.165) is 41.1 Å². The number of anilines is 1. The number of thiazole rings is 1. The van der Waals surface area contributed by atoms with E-state index in [9.17, 15) is 9.59 Å². The van der Waals surface area contributed by atoms with Gasteiger partial charge in [0, 0.05) is 30.1 Å². The van der Waals surface area contributed by atoms with Crippen LogP contribution in [0.4, 0.5) is 5.13 Å². The number of carbonyl (C=O) groups is 2. The van der Waals surface area contributed by atoms with Crippen LogP contribution in [0.2, 0.25) is 0 Å². The van der Waals surface area contributed by atoms with Gasteiger partial charge in [0.05, 0.1) is 17.5 Å².